The first kappa shape index (κ1) is 21.9. The number of anilines is 1. The molecule has 2 heterocycles. The summed E-state index contributed by atoms with van der Waals surface area (Å²) in [6.45, 7) is 5.25. The Kier molecular flexibility index (Phi) is 8.63. The lowest BCUT2D eigenvalue weighted by Gasteiger charge is -2.22. The second-order valence-corrected chi connectivity index (χ2v) is 8.32. The molecule has 0 spiro atoms. The van der Waals surface area contributed by atoms with Crippen molar-refractivity contribution >= 4 is 59.0 Å². The number of guanidine groups is 1. The fraction of sp³-hybridized carbons (Fsp3) is 0.611. The van der Waals surface area contributed by atoms with Gasteiger partial charge in [0.2, 0.25) is 0 Å². The average Bonchev–Trinajstić information content (AvgIpc) is 3.23. The molecule has 0 aliphatic carbocycles. The van der Waals surface area contributed by atoms with Gasteiger partial charge in [-0.1, -0.05) is 17.7 Å². The number of thioether (sulfide) groups is 1. The number of benzene rings is 1. The molecule has 8 heteroatoms. The van der Waals surface area contributed by atoms with E-state index in [4.69, 9.17) is 11.6 Å². The van der Waals surface area contributed by atoms with E-state index in [0.29, 0.717) is 12.6 Å². The summed E-state index contributed by atoms with van der Waals surface area (Å²) in [5, 5.41) is 18.1. The van der Waals surface area contributed by atoms with Crippen molar-refractivity contribution in [2.45, 2.75) is 31.4 Å². The Hall–Kier alpha value is -0.380. The van der Waals surface area contributed by atoms with Crippen molar-refractivity contribution in [1.82, 2.24) is 10.6 Å². The third-order valence-corrected chi connectivity index (χ3v) is 6.13. The number of aliphatic hydroxyl groups is 1. The van der Waals surface area contributed by atoms with Crippen molar-refractivity contribution in [2.24, 2.45) is 4.99 Å². The predicted molar refractivity (Wildman–Crippen MR) is 123 cm³/mol. The van der Waals surface area contributed by atoms with E-state index >= 15 is 0 Å². The van der Waals surface area contributed by atoms with Gasteiger partial charge in [0, 0.05) is 42.1 Å². The van der Waals surface area contributed by atoms with E-state index in [-0.39, 0.29) is 24.0 Å². The molecule has 0 radical (unpaired) electrons. The highest BCUT2D eigenvalue weighted by atomic mass is 127. The molecule has 1 aromatic rings. The molecule has 2 aliphatic rings. The van der Waals surface area contributed by atoms with E-state index < -0.39 is 5.60 Å². The van der Waals surface area contributed by atoms with E-state index in [1.807, 2.05) is 18.2 Å². The van der Waals surface area contributed by atoms with Gasteiger partial charge < -0.3 is 20.6 Å². The highest BCUT2D eigenvalue weighted by Gasteiger charge is 2.31. The SMILES string of the molecule is CCNC(=NCC1(O)CCSC1)NC1CCN(c2cccc(Cl)c2)C1.I. The summed E-state index contributed by atoms with van der Waals surface area (Å²) in [7, 11) is 0. The van der Waals surface area contributed by atoms with Crippen molar-refractivity contribution in [3.8, 4) is 0 Å². The quantitative estimate of drug-likeness (QED) is 0.323. The molecule has 0 bridgehead atoms. The van der Waals surface area contributed by atoms with Crippen LogP contribution in [-0.2, 0) is 0 Å². The number of aliphatic imine (C=N–C) groups is 1. The highest BCUT2D eigenvalue weighted by molar-refractivity contribution is 14.0. The Morgan fingerprint density at radius 1 is 1.50 bits per heavy atom. The monoisotopic (exact) mass is 510 g/mol. The van der Waals surface area contributed by atoms with Gasteiger partial charge in [-0.3, -0.25) is 4.99 Å². The average molecular weight is 511 g/mol. The zero-order chi connectivity index (χ0) is 17.7. The van der Waals surface area contributed by atoms with E-state index in [0.717, 1.165) is 60.7 Å². The molecule has 2 saturated heterocycles. The van der Waals surface area contributed by atoms with Crippen molar-refractivity contribution < 1.29 is 5.11 Å². The van der Waals surface area contributed by atoms with E-state index in [9.17, 15) is 5.11 Å². The first-order valence-corrected chi connectivity index (χ1v) is 10.5. The molecular formula is C18H28ClIN4OS. The number of halogens is 2. The Bertz CT molecular complexity index is 613. The molecule has 0 amide bonds. The van der Waals surface area contributed by atoms with Crippen LogP contribution in [0.3, 0.4) is 0 Å². The second kappa shape index (κ2) is 10.2. The largest absolute Gasteiger partial charge is 0.387 e. The minimum Gasteiger partial charge on any atom is -0.387 e. The van der Waals surface area contributed by atoms with Crippen LogP contribution in [0.25, 0.3) is 0 Å². The van der Waals surface area contributed by atoms with E-state index in [1.165, 1.54) is 0 Å². The summed E-state index contributed by atoms with van der Waals surface area (Å²) in [5.41, 5.74) is 0.520. The van der Waals surface area contributed by atoms with Crippen molar-refractivity contribution in [2.75, 3.05) is 42.6 Å². The van der Waals surface area contributed by atoms with Crippen molar-refractivity contribution in [1.29, 1.82) is 0 Å². The Labute approximate surface area is 182 Å². The minimum atomic E-state index is -0.643. The molecule has 0 aromatic heterocycles. The number of rotatable bonds is 5. The summed E-state index contributed by atoms with van der Waals surface area (Å²) < 4.78 is 0. The molecule has 2 atom stereocenters. The molecule has 3 N–H and O–H groups in total. The lowest BCUT2D eigenvalue weighted by Crippen LogP contribution is -2.45. The molecule has 1 aromatic carbocycles. The maximum Gasteiger partial charge on any atom is 0.191 e. The fourth-order valence-electron chi connectivity index (χ4n) is 3.25. The summed E-state index contributed by atoms with van der Waals surface area (Å²) in [6, 6.07) is 8.34. The van der Waals surface area contributed by atoms with Gasteiger partial charge in [0.1, 0.15) is 0 Å². The van der Waals surface area contributed by atoms with Crippen LogP contribution in [0.15, 0.2) is 29.3 Å². The molecule has 0 saturated carbocycles. The van der Waals surface area contributed by atoms with Crippen LogP contribution in [0.5, 0.6) is 0 Å². The van der Waals surface area contributed by atoms with Crippen LogP contribution >= 0.6 is 47.3 Å². The summed E-state index contributed by atoms with van der Waals surface area (Å²) in [4.78, 5) is 6.98. The standard InChI is InChI=1S/C18H27ClN4OS.HI/c1-2-20-17(21-12-18(24)7-9-25-13-18)22-15-6-8-23(11-15)16-5-3-4-14(19)10-16;/h3-5,10,15,24H,2,6-9,11-13H2,1H3,(H2,20,21,22);1H. The fourth-order valence-corrected chi connectivity index (χ4v) is 4.71. The first-order chi connectivity index (χ1) is 12.1. The molecule has 2 unspecified atom stereocenters. The number of hydrogen-bond acceptors (Lipinski definition) is 4. The Morgan fingerprint density at radius 2 is 2.35 bits per heavy atom. The van der Waals surface area contributed by atoms with Crippen LogP contribution in [0.1, 0.15) is 19.8 Å². The smallest absolute Gasteiger partial charge is 0.191 e. The van der Waals surface area contributed by atoms with Crippen LogP contribution in [0.4, 0.5) is 5.69 Å². The molecule has 146 valence electrons. The molecule has 5 nitrogen and oxygen atoms in total. The lowest BCUT2D eigenvalue weighted by atomic mass is 10.1. The second-order valence-electron chi connectivity index (χ2n) is 6.78. The topological polar surface area (TPSA) is 59.9 Å². The molecule has 2 fully saturated rings. The van der Waals surface area contributed by atoms with Gasteiger partial charge in [-0.2, -0.15) is 11.8 Å². The number of nitrogens with one attached hydrogen (secondary N) is 2. The molecule has 2 aliphatic heterocycles. The predicted octanol–water partition coefficient (Wildman–Crippen LogP) is 2.96. The van der Waals surface area contributed by atoms with Gasteiger partial charge in [-0.25, -0.2) is 0 Å². The summed E-state index contributed by atoms with van der Waals surface area (Å²) in [6.07, 6.45) is 1.88. The van der Waals surface area contributed by atoms with Crippen molar-refractivity contribution in [3.05, 3.63) is 29.3 Å². The van der Waals surface area contributed by atoms with Gasteiger partial charge >= 0.3 is 0 Å². The summed E-state index contributed by atoms with van der Waals surface area (Å²) in [5.74, 6) is 2.60. The zero-order valence-electron chi connectivity index (χ0n) is 15.1. The van der Waals surface area contributed by atoms with Gasteiger partial charge in [0.25, 0.3) is 0 Å². The van der Waals surface area contributed by atoms with Gasteiger partial charge in [-0.05, 0) is 43.7 Å². The third-order valence-electron chi connectivity index (χ3n) is 4.66. The third kappa shape index (κ3) is 6.07. The lowest BCUT2D eigenvalue weighted by molar-refractivity contribution is 0.0778. The normalized spacial score (nSPS) is 25.9. The number of hydrogen-bond donors (Lipinski definition) is 3. The Morgan fingerprint density at radius 3 is 3.04 bits per heavy atom. The zero-order valence-corrected chi connectivity index (χ0v) is 19.0. The number of nitrogens with zero attached hydrogens (tertiary/aromatic N) is 2. The Balaban J connectivity index is 0.00000243. The van der Waals surface area contributed by atoms with Gasteiger partial charge in [0.05, 0.1) is 12.1 Å². The summed E-state index contributed by atoms with van der Waals surface area (Å²) >= 11 is 7.91. The van der Waals surface area contributed by atoms with Crippen LogP contribution in [0.2, 0.25) is 5.02 Å². The van der Waals surface area contributed by atoms with Crippen molar-refractivity contribution in [3.63, 3.8) is 0 Å². The van der Waals surface area contributed by atoms with Crippen LogP contribution in [0, 0.1) is 0 Å². The maximum atomic E-state index is 10.5. The maximum absolute atomic E-state index is 10.5. The van der Waals surface area contributed by atoms with Gasteiger partial charge in [0.15, 0.2) is 5.96 Å². The molecule has 26 heavy (non-hydrogen) atoms. The van der Waals surface area contributed by atoms with Gasteiger partial charge in [-0.15, -0.1) is 24.0 Å². The van der Waals surface area contributed by atoms with E-state index in [2.05, 4.69) is 33.5 Å². The highest BCUT2D eigenvalue weighted by Crippen LogP contribution is 2.28. The van der Waals surface area contributed by atoms with Crippen LogP contribution < -0.4 is 15.5 Å². The molecule has 3 rings (SSSR count). The first-order valence-electron chi connectivity index (χ1n) is 8.93. The van der Waals surface area contributed by atoms with E-state index in [1.54, 1.807) is 11.8 Å². The van der Waals surface area contributed by atoms with Crippen LogP contribution in [-0.4, -0.2) is 60.4 Å². The minimum absolute atomic E-state index is 0. The molecular weight excluding hydrogens is 483 g/mol.